The van der Waals surface area contributed by atoms with E-state index in [2.05, 4.69) is 21.8 Å². The van der Waals surface area contributed by atoms with E-state index in [1.807, 2.05) is 42.3 Å². The highest BCUT2D eigenvalue weighted by Crippen LogP contribution is 2.33. The van der Waals surface area contributed by atoms with Crippen molar-refractivity contribution in [3.05, 3.63) is 36.7 Å². The molecule has 1 unspecified atom stereocenters. The maximum Gasteiger partial charge on any atom is 0.161 e. The van der Waals surface area contributed by atoms with Crippen molar-refractivity contribution in [1.82, 2.24) is 9.97 Å². The fourth-order valence-corrected chi connectivity index (χ4v) is 3.05. The Bertz CT molecular complexity index is 628. The third kappa shape index (κ3) is 2.84. The van der Waals surface area contributed by atoms with Crippen LogP contribution in [0.25, 0.3) is 0 Å². The van der Waals surface area contributed by atoms with E-state index in [0.29, 0.717) is 11.6 Å². The highest BCUT2D eigenvalue weighted by molar-refractivity contribution is 5.79. The van der Waals surface area contributed by atoms with E-state index in [1.54, 1.807) is 6.33 Å². The van der Waals surface area contributed by atoms with Crippen molar-refractivity contribution in [2.24, 2.45) is 5.92 Å². The van der Waals surface area contributed by atoms with Crippen LogP contribution < -0.4 is 15.5 Å². The molecule has 1 aromatic carbocycles. The second-order valence-electron chi connectivity index (χ2n) is 6.02. The summed E-state index contributed by atoms with van der Waals surface area (Å²) in [6.45, 7) is 4.30. The van der Waals surface area contributed by atoms with Crippen LogP contribution in [0.5, 0.6) is 0 Å². The van der Waals surface area contributed by atoms with Gasteiger partial charge in [-0.3, -0.25) is 0 Å². The van der Waals surface area contributed by atoms with Gasteiger partial charge in [0.05, 0.1) is 0 Å². The molecule has 1 aliphatic heterocycles. The number of nitrogen functional groups attached to an aromatic ring is 1. The van der Waals surface area contributed by atoms with E-state index in [4.69, 9.17) is 5.73 Å². The molecule has 1 fully saturated rings. The number of aromatic nitrogens is 2. The number of benzene rings is 1. The number of anilines is 4. The molecule has 2 heterocycles. The van der Waals surface area contributed by atoms with Crippen LogP contribution in [-0.2, 0) is 0 Å². The largest absolute Gasteiger partial charge is 0.393 e. The van der Waals surface area contributed by atoms with Crippen LogP contribution in [0.3, 0.4) is 0 Å². The molecular weight excluding hydrogens is 274 g/mol. The molecule has 0 amide bonds. The van der Waals surface area contributed by atoms with Gasteiger partial charge in [0.15, 0.2) is 11.6 Å². The standard InChI is InChI=1S/C17H23N5/c1-13-7-6-10-22(11-13)17-15(18)16(19-12-20-17)21(2)14-8-4-3-5-9-14/h3-5,8-9,12-13H,6-7,10-11,18H2,1-2H3. The molecule has 116 valence electrons. The molecule has 5 nitrogen and oxygen atoms in total. The van der Waals surface area contributed by atoms with Gasteiger partial charge in [-0.05, 0) is 30.9 Å². The lowest BCUT2D eigenvalue weighted by Gasteiger charge is -2.33. The van der Waals surface area contributed by atoms with E-state index in [9.17, 15) is 0 Å². The molecule has 1 aromatic heterocycles. The average molecular weight is 297 g/mol. The van der Waals surface area contributed by atoms with Crippen LogP contribution in [0, 0.1) is 5.92 Å². The third-order valence-electron chi connectivity index (χ3n) is 4.26. The minimum absolute atomic E-state index is 0.656. The fraction of sp³-hybridized carbons (Fsp3) is 0.412. The Hall–Kier alpha value is -2.30. The van der Waals surface area contributed by atoms with Crippen LogP contribution in [0.15, 0.2) is 36.7 Å². The molecule has 22 heavy (non-hydrogen) atoms. The van der Waals surface area contributed by atoms with Crippen molar-refractivity contribution in [2.75, 3.05) is 35.7 Å². The molecule has 0 spiro atoms. The summed E-state index contributed by atoms with van der Waals surface area (Å²) < 4.78 is 0. The Morgan fingerprint density at radius 3 is 2.73 bits per heavy atom. The quantitative estimate of drug-likeness (QED) is 0.943. The lowest BCUT2D eigenvalue weighted by molar-refractivity contribution is 0.445. The Morgan fingerprint density at radius 1 is 1.23 bits per heavy atom. The zero-order chi connectivity index (χ0) is 15.5. The summed E-state index contributed by atoms with van der Waals surface area (Å²) in [5.74, 6) is 2.30. The molecular formula is C17H23N5. The number of para-hydroxylation sites is 1. The van der Waals surface area contributed by atoms with Crippen molar-refractivity contribution >= 4 is 23.0 Å². The predicted molar refractivity (Wildman–Crippen MR) is 91.6 cm³/mol. The molecule has 0 saturated carbocycles. The molecule has 2 aromatic rings. The SMILES string of the molecule is CC1CCCN(c2ncnc(N(C)c3ccccc3)c2N)C1. The van der Waals surface area contributed by atoms with E-state index < -0.39 is 0 Å². The summed E-state index contributed by atoms with van der Waals surface area (Å²) in [4.78, 5) is 13.1. The van der Waals surface area contributed by atoms with E-state index in [-0.39, 0.29) is 0 Å². The van der Waals surface area contributed by atoms with Gasteiger partial charge in [-0.2, -0.15) is 0 Å². The number of hydrogen-bond donors (Lipinski definition) is 1. The molecule has 1 saturated heterocycles. The summed E-state index contributed by atoms with van der Waals surface area (Å²) >= 11 is 0. The number of hydrogen-bond acceptors (Lipinski definition) is 5. The number of rotatable bonds is 3. The van der Waals surface area contributed by atoms with E-state index >= 15 is 0 Å². The molecule has 0 radical (unpaired) electrons. The summed E-state index contributed by atoms with van der Waals surface area (Å²) in [5, 5.41) is 0. The summed E-state index contributed by atoms with van der Waals surface area (Å²) in [6, 6.07) is 10.1. The maximum absolute atomic E-state index is 6.39. The second kappa shape index (κ2) is 6.22. The van der Waals surface area contributed by atoms with Crippen molar-refractivity contribution in [2.45, 2.75) is 19.8 Å². The maximum atomic E-state index is 6.39. The molecule has 2 N–H and O–H groups in total. The van der Waals surface area contributed by atoms with Gasteiger partial charge in [0.1, 0.15) is 12.0 Å². The monoisotopic (exact) mass is 297 g/mol. The van der Waals surface area contributed by atoms with Gasteiger partial charge >= 0.3 is 0 Å². The predicted octanol–water partition coefficient (Wildman–Crippen LogP) is 3.06. The van der Waals surface area contributed by atoms with Gasteiger partial charge < -0.3 is 15.5 Å². The van der Waals surface area contributed by atoms with E-state index in [0.717, 1.165) is 30.4 Å². The van der Waals surface area contributed by atoms with Crippen LogP contribution >= 0.6 is 0 Å². The first kappa shape index (κ1) is 14.6. The summed E-state index contributed by atoms with van der Waals surface area (Å²) in [6.07, 6.45) is 4.08. The van der Waals surface area contributed by atoms with Crippen LogP contribution in [0.1, 0.15) is 19.8 Å². The Labute approximate surface area is 131 Å². The van der Waals surface area contributed by atoms with Gasteiger partial charge in [-0.25, -0.2) is 9.97 Å². The van der Waals surface area contributed by atoms with Gasteiger partial charge in [0.2, 0.25) is 0 Å². The number of nitrogens with zero attached hydrogens (tertiary/aromatic N) is 4. The van der Waals surface area contributed by atoms with Crippen molar-refractivity contribution in [1.29, 1.82) is 0 Å². The molecule has 0 bridgehead atoms. The molecule has 1 atom stereocenters. The Morgan fingerprint density at radius 2 is 2.00 bits per heavy atom. The zero-order valence-corrected chi connectivity index (χ0v) is 13.2. The average Bonchev–Trinajstić information content (AvgIpc) is 2.55. The minimum atomic E-state index is 0.656. The molecule has 3 rings (SSSR count). The molecule has 5 heteroatoms. The third-order valence-corrected chi connectivity index (χ3v) is 4.26. The van der Waals surface area contributed by atoms with Gasteiger partial charge in [0, 0.05) is 25.8 Å². The molecule has 0 aliphatic carbocycles. The summed E-state index contributed by atoms with van der Waals surface area (Å²) in [5.41, 5.74) is 8.11. The van der Waals surface area contributed by atoms with Crippen molar-refractivity contribution in [3.63, 3.8) is 0 Å². The molecule has 1 aliphatic rings. The van der Waals surface area contributed by atoms with Gasteiger partial charge in [-0.1, -0.05) is 25.1 Å². The van der Waals surface area contributed by atoms with Crippen LogP contribution in [0.4, 0.5) is 23.0 Å². The first-order valence-electron chi connectivity index (χ1n) is 7.81. The summed E-state index contributed by atoms with van der Waals surface area (Å²) in [7, 11) is 1.98. The highest BCUT2D eigenvalue weighted by atomic mass is 15.2. The second-order valence-corrected chi connectivity index (χ2v) is 6.02. The lowest BCUT2D eigenvalue weighted by atomic mass is 10.0. The topological polar surface area (TPSA) is 58.3 Å². The van der Waals surface area contributed by atoms with Crippen molar-refractivity contribution < 1.29 is 0 Å². The Balaban J connectivity index is 1.92. The van der Waals surface area contributed by atoms with Crippen LogP contribution in [0.2, 0.25) is 0 Å². The lowest BCUT2D eigenvalue weighted by Crippen LogP contribution is -2.35. The van der Waals surface area contributed by atoms with Gasteiger partial charge in [0.25, 0.3) is 0 Å². The van der Waals surface area contributed by atoms with E-state index in [1.165, 1.54) is 12.8 Å². The number of piperidine rings is 1. The highest BCUT2D eigenvalue weighted by Gasteiger charge is 2.22. The normalized spacial score (nSPS) is 18.3. The Kier molecular flexibility index (Phi) is 4.13. The number of nitrogens with two attached hydrogens (primary N) is 1. The minimum Gasteiger partial charge on any atom is -0.393 e. The zero-order valence-electron chi connectivity index (χ0n) is 13.2. The smallest absolute Gasteiger partial charge is 0.161 e. The van der Waals surface area contributed by atoms with Gasteiger partial charge in [-0.15, -0.1) is 0 Å². The first-order chi connectivity index (χ1) is 10.7. The van der Waals surface area contributed by atoms with Crippen LogP contribution in [-0.4, -0.2) is 30.1 Å². The first-order valence-corrected chi connectivity index (χ1v) is 7.81. The fourth-order valence-electron chi connectivity index (χ4n) is 3.05. The van der Waals surface area contributed by atoms with Crippen molar-refractivity contribution in [3.8, 4) is 0 Å².